The number of hydrogen-bond acceptors (Lipinski definition) is 7. The zero-order chi connectivity index (χ0) is 20.4. The second-order valence-corrected chi connectivity index (χ2v) is 6.04. The number of amides is 2. The standard InChI is InChI=1S/C19H15ClN2O6/c1-27-12-7-8-13(14(9-12)28-2)22-17(23)15(20)16(18(22)24)21-11-5-3-10(4-6-11)19(25)26/h3-9,21H,1-2H3,(H,25,26)/p-1. The summed E-state index contributed by atoms with van der Waals surface area (Å²) in [5.74, 6) is -1.98. The number of nitrogens with zero attached hydrogens (tertiary/aromatic N) is 1. The van der Waals surface area contributed by atoms with E-state index in [9.17, 15) is 19.5 Å². The number of halogens is 1. The highest BCUT2D eigenvalue weighted by Crippen LogP contribution is 2.37. The maximum absolute atomic E-state index is 12.8. The smallest absolute Gasteiger partial charge is 0.283 e. The third kappa shape index (κ3) is 3.37. The molecule has 0 aliphatic carbocycles. The minimum atomic E-state index is -1.33. The number of carbonyl (C=O) groups is 3. The molecule has 2 amide bonds. The van der Waals surface area contributed by atoms with Gasteiger partial charge in [-0.25, -0.2) is 4.90 Å². The number of nitrogens with one attached hydrogen (secondary N) is 1. The Morgan fingerprint density at radius 1 is 1.04 bits per heavy atom. The van der Waals surface area contributed by atoms with Gasteiger partial charge in [0, 0.05) is 11.8 Å². The number of imide groups is 1. The molecule has 0 saturated heterocycles. The van der Waals surface area contributed by atoms with E-state index in [1.165, 1.54) is 50.6 Å². The van der Waals surface area contributed by atoms with Crippen LogP contribution >= 0.6 is 11.6 Å². The zero-order valence-electron chi connectivity index (χ0n) is 14.8. The van der Waals surface area contributed by atoms with Gasteiger partial charge in [-0.05, 0) is 29.8 Å². The van der Waals surface area contributed by atoms with Crippen molar-refractivity contribution in [3.05, 3.63) is 58.8 Å². The number of methoxy groups -OCH3 is 2. The van der Waals surface area contributed by atoms with Gasteiger partial charge in [-0.1, -0.05) is 23.7 Å². The lowest BCUT2D eigenvalue weighted by Crippen LogP contribution is -2.32. The number of carboxylic acid groups (broad SMARTS) is 1. The lowest BCUT2D eigenvalue weighted by atomic mass is 10.2. The van der Waals surface area contributed by atoms with Gasteiger partial charge in [0.05, 0.1) is 25.9 Å². The summed E-state index contributed by atoms with van der Waals surface area (Å²) in [5, 5.41) is 13.3. The molecule has 1 heterocycles. The highest BCUT2D eigenvalue weighted by Gasteiger charge is 2.40. The number of hydrogen-bond donors (Lipinski definition) is 1. The van der Waals surface area contributed by atoms with Crippen molar-refractivity contribution >= 4 is 40.8 Å². The summed E-state index contributed by atoms with van der Waals surface area (Å²) in [6.45, 7) is 0. The first kappa shape index (κ1) is 19.2. The highest BCUT2D eigenvalue weighted by atomic mass is 35.5. The Hall–Kier alpha value is -3.52. The first-order valence-electron chi connectivity index (χ1n) is 7.96. The third-order valence-corrected chi connectivity index (χ3v) is 4.40. The Labute approximate surface area is 164 Å². The fourth-order valence-corrected chi connectivity index (χ4v) is 2.85. The molecule has 0 radical (unpaired) electrons. The third-order valence-electron chi connectivity index (χ3n) is 4.05. The van der Waals surface area contributed by atoms with Crippen LogP contribution in [-0.2, 0) is 9.59 Å². The monoisotopic (exact) mass is 401 g/mol. The van der Waals surface area contributed by atoms with E-state index in [0.717, 1.165) is 4.90 Å². The molecule has 8 nitrogen and oxygen atoms in total. The van der Waals surface area contributed by atoms with E-state index in [0.29, 0.717) is 11.4 Å². The van der Waals surface area contributed by atoms with Crippen LogP contribution in [0.15, 0.2) is 53.2 Å². The van der Waals surface area contributed by atoms with E-state index in [-0.39, 0.29) is 27.7 Å². The Bertz CT molecular complexity index is 1000. The molecule has 28 heavy (non-hydrogen) atoms. The van der Waals surface area contributed by atoms with Crippen LogP contribution in [0.3, 0.4) is 0 Å². The van der Waals surface area contributed by atoms with E-state index < -0.39 is 17.8 Å². The van der Waals surface area contributed by atoms with Crippen LogP contribution < -0.4 is 24.8 Å². The van der Waals surface area contributed by atoms with E-state index >= 15 is 0 Å². The summed E-state index contributed by atoms with van der Waals surface area (Å²) in [7, 11) is 2.88. The molecule has 2 aromatic rings. The summed E-state index contributed by atoms with van der Waals surface area (Å²) in [5.41, 5.74) is 0.429. The largest absolute Gasteiger partial charge is 0.545 e. The normalized spacial score (nSPS) is 13.8. The molecule has 0 spiro atoms. The maximum Gasteiger partial charge on any atom is 0.283 e. The lowest BCUT2D eigenvalue weighted by Gasteiger charge is -2.18. The number of rotatable bonds is 6. The minimum Gasteiger partial charge on any atom is -0.545 e. The van der Waals surface area contributed by atoms with Gasteiger partial charge in [-0.15, -0.1) is 0 Å². The number of anilines is 2. The zero-order valence-corrected chi connectivity index (χ0v) is 15.6. The molecule has 0 aromatic heterocycles. The first-order chi connectivity index (χ1) is 13.4. The predicted octanol–water partition coefficient (Wildman–Crippen LogP) is 1.50. The summed E-state index contributed by atoms with van der Waals surface area (Å²) in [4.78, 5) is 37.1. The van der Waals surface area contributed by atoms with Crippen LogP contribution in [0.2, 0.25) is 0 Å². The number of carbonyl (C=O) groups excluding carboxylic acids is 3. The van der Waals surface area contributed by atoms with Crippen LogP contribution in [0, 0.1) is 0 Å². The van der Waals surface area contributed by atoms with Crippen molar-refractivity contribution in [1.29, 1.82) is 0 Å². The summed E-state index contributed by atoms with van der Waals surface area (Å²) < 4.78 is 10.4. The Kier molecular flexibility index (Phi) is 5.23. The summed E-state index contributed by atoms with van der Waals surface area (Å²) >= 11 is 6.09. The van der Waals surface area contributed by atoms with Gasteiger partial charge >= 0.3 is 0 Å². The first-order valence-corrected chi connectivity index (χ1v) is 8.34. The van der Waals surface area contributed by atoms with Gasteiger partial charge in [0.25, 0.3) is 11.8 Å². The molecule has 0 bridgehead atoms. The molecule has 0 unspecified atom stereocenters. The van der Waals surface area contributed by atoms with Gasteiger partial charge in [-0.2, -0.15) is 0 Å². The Morgan fingerprint density at radius 2 is 1.71 bits per heavy atom. The van der Waals surface area contributed by atoms with Crippen molar-refractivity contribution < 1.29 is 29.0 Å². The molecule has 0 fully saturated rings. The second-order valence-electron chi connectivity index (χ2n) is 5.66. The topological polar surface area (TPSA) is 108 Å². The molecule has 9 heteroatoms. The van der Waals surface area contributed by atoms with Crippen LogP contribution in [0.1, 0.15) is 10.4 Å². The van der Waals surface area contributed by atoms with Crippen molar-refractivity contribution in [2.24, 2.45) is 0 Å². The molecule has 0 atom stereocenters. The van der Waals surface area contributed by atoms with Crippen LogP contribution in [0.4, 0.5) is 11.4 Å². The van der Waals surface area contributed by atoms with Crippen molar-refractivity contribution in [2.45, 2.75) is 0 Å². The van der Waals surface area contributed by atoms with E-state index in [1.54, 1.807) is 6.07 Å². The minimum absolute atomic E-state index is 0.0240. The number of carboxylic acids is 1. The number of benzene rings is 2. The second kappa shape index (κ2) is 7.61. The van der Waals surface area contributed by atoms with Crippen LogP contribution in [-0.4, -0.2) is 32.0 Å². The predicted molar refractivity (Wildman–Crippen MR) is 99.3 cm³/mol. The van der Waals surface area contributed by atoms with Crippen molar-refractivity contribution in [1.82, 2.24) is 0 Å². The molecule has 2 aromatic carbocycles. The Morgan fingerprint density at radius 3 is 2.29 bits per heavy atom. The number of ether oxygens (including phenoxy) is 2. The van der Waals surface area contributed by atoms with E-state index in [2.05, 4.69) is 5.32 Å². The molecule has 1 aliphatic rings. The average Bonchev–Trinajstić information content (AvgIpc) is 2.91. The summed E-state index contributed by atoms with van der Waals surface area (Å²) in [6, 6.07) is 10.1. The van der Waals surface area contributed by atoms with Crippen molar-refractivity contribution in [3.63, 3.8) is 0 Å². The quantitative estimate of drug-likeness (QED) is 0.731. The molecule has 144 valence electrons. The molecular formula is C19H14ClN2O6-. The molecule has 3 rings (SSSR count). The van der Waals surface area contributed by atoms with Gasteiger partial charge in [0.2, 0.25) is 0 Å². The lowest BCUT2D eigenvalue weighted by molar-refractivity contribution is -0.255. The van der Waals surface area contributed by atoms with E-state index in [4.69, 9.17) is 21.1 Å². The van der Waals surface area contributed by atoms with Crippen LogP contribution in [0.5, 0.6) is 11.5 Å². The SMILES string of the molecule is COc1ccc(N2C(=O)C(Cl)=C(Nc3ccc(C(=O)[O-])cc3)C2=O)c(OC)c1. The number of aromatic carboxylic acids is 1. The maximum atomic E-state index is 12.8. The van der Waals surface area contributed by atoms with Gasteiger partial charge in [0.1, 0.15) is 22.2 Å². The average molecular weight is 402 g/mol. The molecule has 0 saturated carbocycles. The summed E-state index contributed by atoms with van der Waals surface area (Å²) in [6.07, 6.45) is 0. The highest BCUT2D eigenvalue weighted by molar-refractivity contribution is 6.53. The van der Waals surface area contributed by atoms with Gasteiger partial charge in [0.15, 0.2) is 0 Å². The molecular weight excluding hydrogens is 388 g/mol. The van der Waals surface area contributed by atoms with Crippen molar-refractivity contribution in [2.75, 3.05) is 24.4 Å². The van der Waals surface area contributed by atoms with Crippen molar-refractivity contribution in [3.8, 4) is 11.5 Å². The molecule has 1 aliphatic heterocycles. The molecule has 1 N–H and O–H groups in total. The Balaban J connectivity index is 1.91. The van der Waals surface area contributed by atoms with E-state index in [1.807, 2.05) is 0 Å². The fraction of sp³-hybridized carbons (Fsp3) is 0.105. The fourth-order valence-electron chi connectivity index (χ4n) is 2.63. The van der Waals surface area contributed by atoms with Gasteiger partial charge in [-0.3, -0.25) is 9.59 Å². The van der Waals surface area contributed by atoms with Crippen LogP contribution in [0.25, 0.3) is 0 Å². The van der Waals surface area contributed by atoms with Gasteiger partial charge < -0.3 is 24.7 Å².